The van der Waals surface area contributed by atoms with Gasteiger partial charge in [-0.05, 0) is 123 Å². The van der Waals surface area contributed by atoms with Crippen molar-refractivity contribution in [2.75, 3.05) is 6.61 Å². The van der Waals surface area contributed by atoms with E-state index in [2.05, 4.69) is 12.9 Å². The van der Waals surface area contributed by atoms with Gasteiger partial charge >= 0.3 is 0 Å². The standard InChI is InChI=1S/C30H36FNO3/c1-29(34)9-7-20-18(13-29)4-5-22-21(20)8-10-30(2)27(23-12-24(23)28(22)30)19(15-33)16-35-26-6-3-17(14-32)11-25(26)31/h3,6,11,18,20-24,27-28,34H,4-5,7-10,12-13,16H2,1-2H3/t18-,20+,21-,22-,23+,24-,27+,28-,29-,30-/m1/s1. The van der Waals surface area contributed by atoms with Crippen molar-refractivity contribution in [1.29, 1.82) is 5.26 Å². The normalized spacial score (nSPS) is 45.1. The summed E-state index contributed by atoms with van der Waals surface area (Å²) in [5.41, 5.74) is 0.504. The Morgan fingerprint density at radius 1 is 1.11 bits per heavy atom. The van der Waals surface area contributed by atoms with E-state index < -0.39 is 11.4 Å². The first-order valence-corrected chi connectivity index (χ1v) is 13.5. The SMILES string of the molecule is C[C@@]1(O)CC[C@H]2[C@H](CC[C@@H]3[C@@H]2CC[C@@]2(C)[C@H]3[C@@H]3C[C@@H]3[C@@H]2C(=C=O)COc2ccc(C#N)cc2F)C1. The van der Waals surface area contributed by atoms with Crippen molar-refractivity contribution >= 4 is 5.94 Å². The third kappa shape index (κ3) is 3.68. The highest BCUT2D eigenvalue weighted by Crippen LogP contribution is 2.75. The molecule has 5 aliphatic carbocycles. The fraction of sp³-hybridized carbons (Fsp3) is 0.700. The van der Waals surface area contributed by atoms with E-state index in [1.54, 1.807) is 0 Å². The number of rotatable bonds is 4. The van der Waals surface area contributed by atoms with Crippen molar-refractivity contribution in [2.45, 2.75) is 70.8 Å². The molecule has 35 heavy (non-hydrogen) atoms. The quantitative estimate of drug-likeness (QED) is 0.564. The molecule has 5 heteroatoms. The van der Waals surface area contributed by atoms with Crippen molar-refractivity contribution < 1.29 is 19.0 Å². The molecule has 0 aliphatic heterocycles. The number of benzene rings is 1. The number of nitriles is 1. The second-order valence-corrected chi connectivity index (χ2v) is 12.9. The minimum atomic E-state index is -0.571. The number of carbonyl (C=O) groups excluding carboxylic acids is 1. The minimum Gasteiger partial charge on any atom is -0.485 e. The molecule has 6 rings (SSSR count). The van der Waals surface area contributed by atoms with Gasteiger partial charge in [-0.15, -0.1) is 0 Å². The summed E-state index contributed by atoms with van der Waals surface area (Å²) in [5.74, 6) is 6.68. The Balaban J connectivity index is 1.20. The highest BCUT2D eigenvalue weighted by Gasteiger charge is 2.70. The number of ether oxygens (including phenoxy) is 1. The second-order valence-electron chi connectivity index (χ2n) is 12.9. The molecule has 5 fully saturated rings. The van der Waals surface area contributed by atoms with Crippen LogP contribution < -0.4 is 4.74 Å². The molecule has 1 N–H and O–H groups in total. The summed E-state index contributed by atoms with van der Waals surface area (Å²) >= 11 is 0. The minimum absolute atomic E-state index is 0.0659. The van der Waals surface area contributed by atoms with Crippen molar-refractivity contribution in [2.24, 2.45) is 52.8 Å². The molecule has 1 aromatic carbocycles. The van der Waals surface area contributed by atoms with Gasteiger partial charge in [0.2, 0.25) is 0 Å². The lowest BCUT2D eigenvalue weighted by Gasteiger charge is -2.58. The van der Waals surface area contributed by atoms with Crippen LogP contribution in [0.25, 0.3) is 0 Å². The van der Waals surface area contributed by atoms with Crippen LogP contribution in [0.1, 0.15) is 70.8 Å². The summed E-state index contributed by atoms with van der Waals surface area (Å²) in [6.45, 7) is 4.49. The summed E-state index contributed by atoms with van der Waals surface area (Å²) in [6.07, 6.45) is 9.06. The largest absolute Gasteiger partial charge is 0.485 e. The molecule has 0 bridgehead atoms. The zero-order valence-electron chi connectivity index (χ0n) is 20.8. The molecular formula is C30H36FNO3. The predicted molar refractivity (Wildman–Crippen MR) is 129 cm³/mol. The van der Waals surface area contributed by atoms with Gasteiger partial charge in [0.05, 0.1) is 22.8 Å². The Bertz CT molecular complexity index is 1120. The molecule has 0 heterocycles. The van der Waals surface area contributed by atoms with Crippen LogP contribution in [-0.2, 0) is 4.79 Å². The van der Waals surface area contributed by atoms with Crippen LogP contribution in [-0.4, -0.2) is 23.3 Å². The van der Waals surface area contributed by atoms with E-state index in [0.29, 0.717) is 29.2 Å². The molecule has 5 aliphatic rings. The predicted octanol–water partition coefficient (Wildman–Crippen LogP) is 5.71. The summed E-state index contributed by atoms with van der Waals surface area (Å²) in [5, 5.41) is 19.6. The molecule has 5 saturated carbocycles. The average Bonchev–Trinajstić information content (AvgIpc) is 3.55. The van der Waals surface area contributed by atoms with Gasteiger partial charge < -0.3 is 9.84 Å². The lowest BCUT2D eigenvalue weighted by atomic mass is 9.47. The average molecular weight is 478 g/mol. The van der Waals surface area contributed by atoms with Crippen LogP contribution in [0.15, 0.2) is 23.8 Å². The molecule has 0 unspecified atom stereocenters. The third-order valence-corrected chi connectivity index (χ3v) is 11.0. The fourth-order valence-electron chi connectivity index (χ4n) is 9.73. The van der Waals surface area contributed by atoms with Crippen LogP contribution in [0, 0.1) is 69.9 Å². The summed E-state index contributed by atoms with van der Waals surface area (Å²) in [7, 11) is 0. The number of halogens is 1. The van der Waals surface area contributed by atoms with E-state index in [9.17, 15) is 14.3 Å². The first kappa shape index (κ1) is 23.3. The lowest BCUT2D eigenvalue weighted by Crippen LogP contribution is -2.51. The fourth-order valence-corrected chi connectivity index (χ4v) is 9.73. The van der Waals surface area contributed by atoms with Gasteiger partial charge in [-0.1, -0.05) is 6.92 Å². The zero-order chi connectivity index (χ0) is 24.5. The Labute approximate surface area is 207 Å². The number of hydrogen-bond acceptors (Lipinski definition) is 4. The van der Waals surface area contributed by atoms with Gasteiger partial charge in [0, 0.05) is 5.92 Å². The Kier molecular flexibility index (Phi) is 5.44. The van der Waals surface area contributed by atoms with E-state index in [4.69, 9.17) is 10.00 Å². The van der Waals surface area contributed by atoms with Gasteiger partial charge in [0.25, 0.3) is 0 Å². The van der Waals surface area contributed by atoms with E-state index in [1.165, 1.54) is 43.9 Å². The second kappa shape index (κ2) is 8.19. The highest BCUT2D eigenvalue weighted by molar-refractivity contribution is 5.56. The third-order valence-electron chi connectivity index (χ3n) is 11.0. The van der Waals surface area contributed by atoms with Crippen molar-refractivity contribution in [1.82, 2.24) is 0 Å². The Morgan fingerprint density at radius 3 is 2.66 bits per heavy atom. The molecule has 0 amide bonds. The van der Waals surface area contributed by atoms with Crippen LogP contribution >= 0.6 is 0 Å². The topological polar surface area (TPSA) is 70.3 Å². The van der Waals surface area contributed by atoms with E-state index >= 15 is 0 Å². The maximum absolute atomic E-state index is 14.4. The van der Waals surface area contributed by atoms with Gasteiger partial charge in [0.15, 0.2) is 11.6 Å². The molecular weight excluding hydrogens is 441 g/mol. The Morgan fingerprint density at radius 2 is 1.91 bits per heavy atom. The first-order chi connectivity index (χ1) is 16.8. The molecule has 1 aromatic rings. The van der Waals surface area contributed by atoms with Crippen molar-refractivity contribution in [3.05, 3.63) is 35.2 Å². The van der Waals surface area contributed by atoms with Crippen LogP contribution in [0.3, 0.4) is 0 Å². The van der Waals surface area contributed by atoms with Crippen LogP contribution in [0.5, 0.6) is 5.75 Å². The van der Waals surface area contributed by atoms with Crippen LogP contribution in [0.2, 0.25) is 0 Å². The number of hydrogen-bond donors (Lipinski definition) is 1. The first-order valence-electron chi connectivity index (χ1n) is 13.5. The van der Waals surface area contributed by atoms with E-state index in [-0.39, 0.29) is 29.3 Å². The molecule has 4 nitrogen and oxygen atoms in total. The lowest BCUT2D eigenvalue weighted by molar-refractivity contribution is -0.105. The maximum Gasteiger partial charge on any atom is 0.166 e. The summed E-state index contributed by atoms with van der Waals surface area (Å²) < 4.78 is 20.1. The molecule has 186 valence electrons. The van der Waals surface area contributed by atoms with E-state index in [0.717, 1.165) is 43.4 Å². The van der Waals surface area contributed by atoms with E-state index in [1.807, 2.05) is 13.0 Å². The highest BCUT2D eigenvalue weighted by atomic mass is 19.1. The monoisotopic (exact) mass is 477 g/mol. The summed E-state index contributed by atoms with van der Waals surface area (Å²) in [4.78, 5) is 12.2. The van der Waals surface area contributed by atoms with Gasteiger partial charge in [-0.25, -0.2) is 9.18 Å². The summed E-state index contributed by atoms with van der Waals surface area (Å²) in [6, 6.07) is 6.11. The van der Waals surface area contributed by atoms with Crippen molar-refractivity contribution in [3.63, 3.8) is 0 Å². The number of aliphatic hydroxyl groups is 1. The zero-order valence-corrected chi connectivity index (χ0v) is 20.8. The smallest absolute Gasteiger partial charge is 0.166 e. The van der Waals surface area contributed by atoms with Gasteiger partial charge in [-0.3, -0.25) is 0 Å². The molecule has 0 saturated heterocycles. The molecule has 10 atom stereocenters. The van der Waals surface area contributed by atoms with Gasteiger partial charge in [0.1, 0.15) is 12.5 Å². The van der Waals surface area contributed by atoms with Crippen LogP contribution in [0.4, 0.5) is 4.39 Å². The number of nitrogens with zero attached hydrogens (tertiary/aromatic N) is 1. The Hall–Kier alpha value is -2.15. The van der Waals surface area contributed by atoms with Gasteiger partial charge in [-0.2, -0.15) is 5.26 Å². The molecule has 0 spiro atoms. The number of fused-ring (bicyclic) bond motifs is 7. The van der Waals surface area contributed by atoms with Crippen molar-refractivity contribution in [3.8, 4) is 11.8 Å². The molecule has 0 aromatic heterocycles. The molecule has 0 radical (unpaired) electrons. The maximum atomic E-state index is 14.4.